The molecule has 6 amide bonds. The highest BCUT2D eigenvalue weighted by Crippen LogP contribution is 2.40. The van der Waals surface area contributed by atoms with Gasteiger partial charge in [-0.3, -0.25) is 39.0 Å². The van der Waals surface area contributed by atoms with E-state index in [1.54, 1.807) is 35.2 Å². The summed E-state index contributed by atoms with van der Waals surface area (Å²) in [5.74, 6) is -6.06. The van der Waals surface area contributed by atoms with Crippen molar-refractivity contribution >= 4 is 64.3 Å². The summed E-state index contributed by atoms with van der Waals surface area (Å²) in [4.78, 5) is 93.9. The predicted molar refractivity (Wildman–Crippen MR) is 227 cm³/mol. The number of anilines is 5. The largest absolute Gasteiger partial charge is 0.495 e. The minimum absolute atomic E-state index is 0.0165. The molecule has 1 aromatic heterocycles. The van der Waals surface area contributed by atoms with Crippen molar-refractivity contribution in [2.75, 3.05) is 73.4 Å². The topological polar surface area (TPSA) is 190 Å². The number of halogens is 2. The van der Waals surface area contributed by atoms with Crippen LogP contribution in [0.2, 0.25) is 0 Å². The Balaban J connectivity index is 0.775. The number of aromatic nitrogens is 2. The zero-order valence-corrected chi connectivity index (χ0v) is 35.2. The van der Waals surface area contributed by atoms with Crippen LogP contribution in [0.15, 0.2) is 42.6 Å². The number of hydrogen-bond donors (Lipinski definition) is 3. The van der Waals surface area contributed by atoms with Gasteiger partial charge in [0.1, 0.15) is 17.5 Å². The van der Waals surface area contributed by atoms with Crippen molar-refractivity contribution in [3.05, 3.63) is 59.3 Å². The van der Waals surface area contributed by atoms with E-state index in [4.69, 9.17) is 4.74 Å². The van der Waals surface area contributed by atoms with E-state index in [1.165, 1.54) is 20.4 Å². The fourth-order valence-electron chi connectivity index (χ4n) is 9.93. The van der Waals surface area contributed by atoms with E-state index < -0.39 is 48.0 Å². The lowest BCUT2D eigenvalue weighted by Gasteiger charge is -2.34. The Kier molecular flexibility index (Phi) is 11.2. The minimum Gasteiger partial charge on any atom is -0.495 e. The summed E-state index contributed by atoms with van der Waals surface area (Å²) in [6.45, 7) is 3.35. The molecular formula is C44H50F2N10O7. The normalized spacial score (nSPS) is 23.2. The number of likely N-dealkylation sites (tertiary alicyclic amines) is 1. The fraction of sp³-hybridized carbons (Fsp3) is 0.500. The standard InChI is InChI=1S/C44H50F2N10O7/c1-52-34-21-47-43(51-37(34)55(28-5-3-4-6-28)24-44(45,46)42(52)62)49-32-10-7-26(19-35(32)63-2)38(58)48-27-14-16-53(17-15-27)22-25-13-18-54(23-25)29-8-9-30-31(20-29)41(61)56(40(30)60)33-11-12-36(57)50-39(33)59/h7-10,19-21,25,27-28,33H,3-6,11-18,22-24H2,1-2H3,(H,48,58)(H,47,49,51)(H,50,57,59)/t25-,33?/m0/s1. The van der Waals surface area contributed by atoms with E-state index in [2.05, 4.69) is 35.7 Å². The molecule has 3 saturated heterocycles. The Morgan fingerprint density at radius 1 is 0.937 bits per heavy atom. The highest BCUT2D eigenvalue weighted by molar-refractivity contribution is 6.23. The van der Waals surface area contributed by atoms with Crippen LogP contribution in [0, 0.1) is 5.92 Å². The lowest BCUT2D eigenvalue weighted by Crippen LogP contribution is -2.54. The van der Waals surface area contributed by atoms with E-state index in [0.717, 1.165) is 93.2 Å². The summed E-state index contributed by atoms with van der Waals surface area (Å²) in [6, 6.07) is 9.03. The molecule has 3 N–H and O–H groups in total. The van der Waals surface area contributed by atoms with Crippen LogP contribution in [-0.2, 0) is 14.4 Å². The molecular weight excluding hydrogens is 819 g/mol. The number of imide groups is 2. The molecule has 0 radical (unpaired) electrons. The van der Waals surface area contributed by atoms with Gasteiger partial charge in [-0.25, -0.2) is 4.98 Å². The number of rotatable bonds is 10. The molecule has 63 heavy (non-hydrogen) atoms. The molecule has 2 aromatic carbocycles. The van der Waals surface area contributed by atoms with Gasteiger partial charge >= 0.3 is 5.92 Å². The first-order valence-corrected chi connectivity index (χ1v) is 21.7. The molecule has 19 heteroatoms. The van der Waals surface area contributed by atoms with Gasteiger partial charge in [0.2, 0.25) is 17.8 Å². The Bertz CT molecular complexity index is 2370. The number of nitrogens with zero attached hydrogens (tertiary/aromatic N) is 7. The molecule has 1 unspecified atom stereocenters. The summed E-state index contributed by atoms with van der Waals surface area (Å²) in [5.41, 5.74) is 2.47. The first kappa shape index (κ1) is 42.1. The Labute approximate surface area is 362 Å². The van der Waals surface area contributed by atoms with Gasteiger partial charge < -0.3 is 35.0 Å². The minimum atomic E-state index is -3.59. The van der Waals surface area contributed by atoms with E-state index in [9.17, 15) is 28.8 Å². The molecule has 0 bridgehead atoms. The first-order chi connectivity index (χ1) is 30.3. The first-order valence-electron chi connectivity index (χ1n) is 21.7. The predicted octanol–water partition coefficient (Wildman–Crippen LogP) is 3.71. The van der Waals surface area contributed by atoms with E-state index >= 15 is 8.78 Å². The maximum Gasteiger partial charge on any atom is 0.342 e. The third-order valence-electron chi connectivity index (χ3n) is 13.4. The molecule has 5 aliphatic heterocycles. The Hall–Kier alpha value is -6.24. The second-order valence-electron chi connectivity index (χ2n) is 17.4. The summed E-state index contributed by atoms with van der Waals surface area (Å²) < 4.78 is 35.7. The average Bonchev–Trinajstić information content (AvgIpc) is 4.03. The highest BCUT2D eigenvalue weighted by atomic mass is 19.3. The lowest BCUT2D eigenvalue weighted by molar-refractivity contribution is -0.140. The number of ether oxygens (including phenoxy) is 1. The van der Waals surface area contributed by atoms with Gasteiger partial charge in [0.05, 0.1) is 36.7 Å². The van der Waals surface area contributed by atoms with Crippen molar-refractivity contribution < 1.29 is 42.3 Å². The van der Waals surface area contributed by atoms with Gasteiger partial charge in [-0.15, -0.1) is 0 Å². The molecule has 0 spiro atoms. The second-order valence-corrected chi connectivity index (χ2v) is 17.4. The zero-order valence-electron chi connectivity index (χ0n) is 35.2. The highest BCUT2D eigenvalue weighted by Gasteiger charge is 2.49. The van der Waals surface area contributed by atoms with Gasteiger partial charge in [-0.05, 0) is 80.8 Å². The summed E-state index contributed by atoms with van der Waals surface area (Å²) in [7, 11) is 2.79. The molecule has 3 aromatic rings. The lowest BCUT2D eigenvalue weighted by atomic mass is 10.0. The number of alkyl halides is 2. The van der Waals surface area contributed by atoms with Crippen molar-refractivity contribution in [1.29, 1.82) is 0 Å². The van der Waals surface area contributed by atoms with Crippen LogP contribution in [-0.4, -0.2) is 133 Å². The van der Waals surface area contributed by atoms with E-state index in [1.807, 2.05) is 6.07 Å². The Morgan fingerprint density at radius 3 is 2.44 bits per heavy atom. The SMILES string of the molecule is COc1cc(C(=O)NC2CCN(C[C@@H]3CCN(c4ccc5c(c4)C(=O)N(C4CCC(=O)NC4=O)C5=O)C3)CC2)ccc1Nc1ncc2c(n1)N(C1CCCC1)CC(F)(F)C(=O)N2C. The van der Waals surface area contributed by atoms with Crippen LogP contribution in [0.4, 0.5) is 37.6 Å². The van der Waals surface area contributed by atoms with Crippen LogP contribution < -0.4 is 35.4 Å². The van der Waals surface area contributed by atoms with Crippen LogP contribution in [0.25, 0.3) is 0 Å². The third-order valence-corrected chi connectivity index (χ3v) is 13.4. The molecule has 4 fully saturated rings. The molecule has 1 aliphatic carbocycles. The van der Waals surface area contributed by atoms with Crippen LogP contribution in [0.3, 0.4) is 0 Å². The summed E-state index contributed by atoms with van der Waals surface area (Å²) >= 11 is 0. The maximum atomic E-state index is 15.1. The number of methoxy groups -OCH3 is 1. The number of benzene rings is 2. The number of piperidine rings is 2. The van der Waals surface area contributed by atoms with Crippen LogP contribution in [0.5, 0.6) is 5.75 Å². The molecule has 6 aliphatic rings. The zero-order chi connectivity index (χ0) is 44.2. The van der Waals surface area contributed by atoms with Crippen molar-refractivity contribution in [2.45, 2.75) is 81.8 Å². The number of amides is 6. The molecule has 332 valence electrons. The smallest absolute Gasteiger partial charge is 0.342 e. The number of fused-ring (bicyclic) bond motifs is 2. The monoisotopic (exact) mass is 868 g/mol. The van der Waals surface area contributed by atoms with Crippen molar-refractivity contribution in [1.82, 2.24) is 30.4 Å². The van der Waals surface area contributed by atoms with Crippen molar-refractivity contribution in [2.24, 2.45) is 5.92 Å². The van der Waals surface area contributed by atoms with Gasteiger partial charge in [0.15, 0.2) is 5.82 Å². The van der Waals surface area contributed by atoms with Crippen LogP contribution in [0.1, 0.15) is 88.9 Å². The van der Waals surface area contributed by atoms with Gasteiger partial charge in [0.25, 0.3) is 23.6 Å². The number of nitrogens with one attached hydrogen (secondary N) is 3. The van der Waals surface area contributed by atoms with Gasteiger partial charge in [-0.2, -0.15) is 13.8 Å². The molecule has 6 heterocycles. The molecule has 1 saturated carbocycles. The van der Waals surface area contributed by atoms with Gasteiger partial charge in [-0.1, -0.05) is 12.8 Å². The molecule has 2 atom stereocenters. The number of hydrogen-bond acceptors (Lipinski definition) is 13. The van der Waals surface area contributed by atoms with Crippen molar-refractivity contribution in [3.63, 3.8) is 0 Å². The molecule has 9 rings (SSSR count). The van der Waals surface area contributed by atoms with E-state index in [-0.39, 0.29) is 59.4 Å². The molecule has 17 nitrogen and oxygen atoms in total. The van der Waals surface area contributed by atoms with Gasteiger partial charge in [0, 0.05) is 69.5 Å². The van der Waals surface area contributed by atoms with Crippen molar-refractivity contribution in [3.8, 4) is 5.75 Å². The summed E-state index contributed by atoms with van der Waals surface area (Å²) in [5, 5.41) is 8.52. The van der Waals surface area contributed by atoms with Crippen LogP contribution >= 0.6 is 0 Å². The number of carbonyl (C=O) groups is 6. The quantitative estimate of drug-likeness (QED) is 0.251. The summed E-state index contributed by atoms with van der Waals surface area (Å²) in [6.07, 6.45) is 7.35. The second kappa shape index (κ2) is 16.8. The van der Waals surface area contributed by atoms with E-state index in [0.29, 0.717) is 22.9 Å². The maximum absolute atomic E-state index is 15.1. The average molecular weight is 869 g/mol. The number of carbonyl (C=O) groups excluding carboxylic acids is 6. The Morgan fingerprint density at radius 2 is 1.70 bits per heavy atom. The fourth-order valence-corrected chi connectivity index (χ4v) is 9.93. The third kappa shape index (κ3) is 8.13.